The lowest BCUT2D eigenvalue weighted by molar-refractivity contribution is -0.00549. The standard InChI is InChI=1S/C15H26N4O/c1-11(2)5-16-6-14-7-17-8-15(18-14)19-9-12(3)20-13(4)10-19/h7-8,11-13,16H,5-6,9-10H2,1-4H3/t12-,13+. The van der Waals surface area contributed by atoms with Gasteiger partial charge in [0.05, 0.1) is 24.1 Å². The fourth-order valence-corrected chi connectivity index (χ4v) is 2.49. The van der Waals surface area contributed by atoms with Gasteiger partial charge in [0, 0.05) is 25.8 Å². The van der Waals surface area contributed by atoms with Gasteiger partial charge in [0.2, 0.25) is 0 Å². The molecule has 2 rings (SSSR count). The fourth-order valence-electron chi connectivity index (χ4n) is 2.49. The van der Waals surface area contributed by atoms with Crippen molar-refractivity contribution in [3.8, 4) is 0 Å². The molecule has 1 aliphatic heterocycles. The first-order valence-corrected chi connectivity index (χ1v) is 7.46. The minimum Gasteiger partial charge on any atom is -0.372 e. The second kappa shape index (κ2) is 6.99. The van der Waals surface area contributed by atoms with Crippen LogP contribution in [0.3, 0.4) is 0 Å². The molecule has 0 spiro atoms. The lowest BCUT2D eigenvalue weighted by atomic mass is 10.2. The summed E-state index contributed by atoms with van der Waals surface area (Å²) in [6.07, 6.45) is 4.16. The van der Waals surface area contributed by atoms with Crippen LogP contribution >= 0.6 is 0 Å². The lowest BCUT2D eigenvalue weighted by Gasteiger charge is -2.36. The number of nitrogens with zero attached hydrogens (tertiary/aromatic N) is 3. The molecule has 0 aromatic carbocycles. The molecule has 0 amide bonds. The molecule has 1 aliphatic rings. The van der Waals surface area contributed by atoms with E-state index < -0.39 is 0 Å². The largest absolute Gasteiger partial charge is 0.372 e. The van der Waals surface area contributed by atoms with E-state index in [0.29, 0.717) is 5.92 Å². The Morgan fingerprint density at radius 3 is 2.65 bits per heavy atom. The van der Waals surface area contributed by atoms with Crippen molar-refractivity contribution in [2.45, 2.75) is 46.4 Å². The van der Waals surface area contributed by atoms with Crippen molar-refractivity contribution in [1.82, 2.24) is 15.3 Å². The zero-order valence-corrected chi connectivity index (χ0v) is 13.0. The van der Waals surface area contributed by atoms with Gasteiger partial charge in [-0.25, -0.2) is 4.98 Å². The summed E-state index contributed by atoms with van der Waals surface area (Å²) in [6, 6.07) is 0. The predicted molar refractivity (Wildman–Crippen MR) is 80.8 cm³/mol. The number of hydrogen-bond acceptors (Lipinski definition) is 5. The van der Waals surface area contributed by atoms with E-state index in [1.807, 2.05) is 12.4 Å². The second-order valence-electron chi connectivity index (χ2n) is 6.06. The number of anilines is 1. The smallest absolute Gasteiger partial charge is 0.147 e. The molecule has 1 aromatic heterocycles. The van der Waals surface area contributed by atoms with E-state index in [4.69, 9.17) is 9.72 Å². The first-order valence-electron chi connectivity index (χ1n) is 7.46. The highest BCUT2D eigenvalue weighted by Gasteiger charge is 2.23. The zero-order valence-electron chi connectivity index (χ0n) is 13.0. The zero-order chi connectivity index (χ0) is 14.5. The molecule has 5 nitrogen and oxygen atoms in total. The van der Waals surface area contributed by atoms with Crippen LogP contribution in [-0.4, -0.2) is 41.8 Å². The number of aromatic nitrogens is 2. The van der Waals surface area contributed by atoms with Gasteiger partial charge in [-0.2, -0.15) is 0 Å². The molecule has 1 aromatic rings. The van der Waals surface area contributed by atoms with Crippen LogP contribution in [-0.2, 0) is 11.3 Å². The summed E-state index contributed by atoms with van der Waals surface area (Å²) in [5.74, 6) is 1.60. The van der Waals surface area contributed by atoms with Gasteiger partial charge in [0.1, 0.15) is 5.82 Å². The minimum absolute atomic E-state index is 0.239. The maximum atomic E-state index is 5.76. The molecule has 0 bridgehead atoms. The molecule has 0 saturated carbocycles. The van der Waals surface area contributed by atoms with Gasteiger partial charge in [-0.3, -0.25) is 4.98 Å². The maximum Gasteiger partial charge on any atom is 0.147 e. The Kier molecular flexibility index (Phi) is 5.31. The summed E-state index contributed by atoms with van der Waals surface area (Å²) < 4.78 is 5.76. The van der Waals surface area contributed by atoms with Crippen molar-refractivity contribution in [1.29, 1.82) is 0 Å². The molecular weight excluding hydrogens is 252 g/mol. The molecule has 5 heteroatoms. The molecular formula is C15H26N4O. The number of rotatable bonds is 5. The van der Waals surface area contributed by atoms with Crippen LogP contribution in [0, 0.1) is 5.92 Å². The van der Waals surface area contributed by atoms with E-state index in [-0.39, 0.29) is 12.2 Å². The first-order chi connectivity index (χ1) is 9.54. The van der Waals surface area contributed by atoms with Gasteiger partial charge in [-0.1, -0.05) is 13.8 Å². The molecule has 112 valence electrons. The minimum atomic E-state index is 0.239. The fraction of sp³-hybridized carbons (Fsp3) is 0.733. The summed E-state index contributed by atoms with van der Waals surface area (Å²) in [6.45, 7) is 12.1. The highest BCUT2D eigenvalue weighted by Crippen LogP contribution is 2.17. The SMILES string of the molecule is CC(C)CNCc1cncc(N2C[C@@H](C)O[C@@H](C)C2)n1. The Bertz CT molecular complexity index is 414. The topological polar surface area (TPSA) is 50.3 Å². The summed E-state index contributed by atoms with van der Waals surface area (Å²) in [7, 11) is 0. The summed E-state index contributed by atoms with van der Waals surface area (Å²) >= 11 is 0. The molecule has 2 atom stereocenters. The second-order valence-corrected chi connectivity index (χ2v) is 6.06. The summed E-state index contributed by atoms with van der Waals surface area (Å²) in [5, 5.41) is 3.40. The Hall–Kier alpha value is -1.20. The predicted octanol–water partition coefficient (Wildman–Crippen LogP) is 1.84. The van der Waals surface area contributed by atoms with E-state index in [1.165, 1.54) is 0 Å². The van der Waals surface area contributed by atoms with Crippen molar-refractivity contribution >= 4 is 5.82 Å². The lowest BCUT2D eigenvalue weighted by Crippen LogP contribution is -2.46. The molecule has 1 fully saturated rings. The molecule has 0 aliphatic carbocycles. The number of nitrogens with one attached hydrogen (secondary N) is 1. The van der Waals surface area contributed by atoms with E-state index in [2.05, 4.69) is 42.9 Å². The van der Waals surface area contributed by atoms with E-state index in [0.717, 1.165) is 37.7 Å². The van der Waals surface area contributed by atoms with Crippen LogP contribution < -0.4 is 10.2 Å². The average Bonchev–Trinajstić information content (AvgIpc) is 2.37. The van der Waals surface area contributed by atoms with Crippen LogP contribution in [0.4, 0.5) is 5.82 Å². The van der Waals surface area contributed by atoms with Crippen molar-refractivity contribution < 1.29 is 4.74 Å². The number of ether oxygens (including phenoxy) is 1. The van der Waals surface area contributed by atoms with Gasteiger partial charge in [-0.05, 0) is 26.3 Å². The quantitative estimate of drug-likeness (QED) is 0.890. The van der Waals surface area contributed by atoms with E-state index in [9.17, 15) is 0 Å². The van der Waals surface area contributed by atoms with Gasteiger partial charge in [0.25, 0.3) is 0 Å². The Labute approximate surface area is 121 Å². The molecule has 2 heterocycles. The van der Waals surface area contributed by atoms with Crippen molar-refractivity contribution in [3.63, 3.8) is 0 Å². The van der Waals surface area contributed by atoms with Crippen LogP contribution in [0.1, 0.15) is 33.4 Å². The van der Waals surface area contributed by atoms with E-state index >= 15 is 0 Å². The summed E-state index contributed by atoms with van der Waals surface area (Å²) in [4.78, 5) is 11.3. The van der Waals surface area contributed by atoms with Crippen LogP contribution in [0.15, 0.2) is 12.4 Å². The third-order valence-corrected chi connectivity index (χ3v) is 3.27. The van der Waals surface area contributed by atoms with Crippen LogP contribution in [0.5, 0.6) is 0 Å². The molecule has 0 unspecified atom stereocenters. The van der Waals surface area contributed by atoms with Crippen LogP contribution in [0.2, 0.25) is 0 Å². The normalized spacial score (nSPS) is 23.4. The van der Waals surface area contributed by atoms with Crippen molar-refractivity contribution in [2.75, 3.05) is 24.5 Å². The van der Waals surface area contributed by atoms with Crippen molar-refractivity contribution in [2.24, 2.45) is 5.92 Å². The monoisotopic (exact) mass is 278 g/mol. The third-order valence-electron chi connectivity index (χ3n) is 3.27. The summed E-state index contributed by atoms with van der Waals surface area (Å²) in [5.41, 5.74) is 0.995. The van der Waals surface area contributed by atoms with Gasteiger partial charge < -0.3 is 15.0 Å². The molecule has 1 saturated heterocycles. The van der Waals surface area contributed by atoms with E-state index in [1.54, 1.807) is 0 Å². The highest BCUT2D eigenvalue weighted by molar-refractivity contribution is 5.37. The number of hydrogen-bond donors (Lipinski definition) is 1. The van der Waals surface area contributed by atoms with Crippen molar-refractivity contribution in [3.05, 3.63) is 18.1 Å². The maximum absolute atomic E-state index is 5.76. The Morgan fingerprint density at radius 2 is 2.00 bits per heavy atom. The molecule has 20 heavy (non-hydrogen) atoms. The first kappa shape index (κ1) is 15.2. The van der Waals surface area contributed by atoms with Gasteiger partial charge in [0.15, 0.2) is 0 Å². The Balaban J connectivity index is 1.98. The third kappa shape index (κ3) is 4.42. The highest BCUT2D eigenvalue weighted by atomic mass is 16.5. The Morgan fingerprint density at radius 1 is 1.30 bits per heavy atom. The number of morpholine rings is 1. The molecule has 0 radical (unpaired) electrons. The average molecular weight is 278 g/mol. The molecule has 1 N–H and O–H groups in total. The van der Waals surface area contributed by atoms with Crippen LogP contribution in [0.25, 0.3) is 0 Å². The van der Waals surface area contributed by atoms with Gasteiger partial charge in [-0.15, -0.1) is 0 Å². The van der Waals surface area contributed by atoms with Gasteiger partial charge >= 0.3 is 0 Å².